The highest BCUT2D eigenvalue weighted by Gasteiger charge is 2.20. The summed E-state index contributed by atoms with van der Waals surface area (Å²) in [5, 5.41) is 6.50. The number of hydrogen-bond donors (Lipinski definition) is 1. The van der Waals surface area contributed by atoms with Gasteiger partial charge in [-0.2, -0.15) is 0 Å². The van der Waals surface area contributed by atoms with Crippen molar-refractivity contribution in [3.05, 3.63) is 22.9 Å². The molecule has 1 aliphatic rings. The largest absolute Gasteiger partial charge is 0.351 e. The van der Waals surface area contributed by atoms with E-state index in [1.807, 2.05) is 0 Å². The van der Waals surface area contributed by atoms with E-state index in [9.17, 15) is 4.79 Å². The van der Waals surface area contributed by atoms with Crippen LogP contribution in [0.1, 0.15) is 6.92 Å². The lowest BCUT2D eigenvalue weighted by Gasteiger charge is -2.34. The summed E-state index contributed by atoms with van der Waals surface area (Å²) in [6, 6.07) is 0. The molecule has 0 amide bonds. The quantitative estimate of drug-likeness (QED) is 0.780. The molecule has 0 aromatic carbocycles. The number of aromatic amines is 1. The third-order valence-corrected chi connectivity index (χ3v) is 3.44. The molecule has 7 nitrogen and oxygen atoms in total. The molecule has 96 valence electrons. The monoisotopic (exact) mass is 248 g/mol. The maximum Gasteiger partial charge on any atom is 0.347 e. The molecule has 3 rings (SSSR count). The van der Waals surface area contributed by atoms with Gasteiger partial charge in [0.1, 0.15) is 0 Å². The summed E-state index contributed by atoms with van der Waals surface area (Å²) in [6.07, 6.45) is 3.28. The Labute approximate surface area is 104 Å². The predicted octanol–water partition coefficient (Wildman–Crippen LogP) is -0.440. The van der Waals surface area contributed by atoms with E-state index in [0.29, 0.717) is 5.65 Å². The van der Waals surface area contributed by atoms with E-state index in [1.165, 1.54) is 4.40 Å². The zero-order chi connectivity index (χ0) is 12.5. The number of hydrogen-bond acceptors (Lipinski definition) is 5. The molecule has 0 saturated carbocycles. The van der Waals surface area contributed by atoms with Crippen LogP contribution in [0.25, 0.3) is 5.65 Å². The molecule has 1 saturated heterocycles. The molecule has 7 heteroatoms. The smallest absolute Gasteiger partial charge is 0.347 e. The van der Waals surface area contributed by atoms with Crippen LogP contribution < -0.4 is 10.6 Å². The van der Waals surface area contributed by atoms with Gasteiger partial charge in [0, 0.05) is 38.6 Å². The number of likely N-dealkylation sites (N-methyl/N-ethyl adjacent to an activating group) is 1. The number of H-pyrrole nitrogens is 1. The van der Waals surface area contributed by atoms with E-state index >= 15 is 0 Å². The molecule has 0 bridgehead atoms. The minimum atomic E-state index is -0.221. The van der Waals surface area contributed by atoms with Gasteiger partial charge < -0.3 is 9.80 Å². The summed E-state index contributed by atoms with van der Waals surface area (Å²) in [5.74, 6) is 0.784. The van der Waals surface area contributed by atoms with Crippen molar-refractivity contribution in [1.82, 2.24) is 24.5 Å². The third kappa shape index (κ3) is 1.76. The first-order valence-electron chi connectivity index (χ1n) is 6.18. The highest BCUT2D eigenvalue weighted by molar-refractivity contribution is 5.63. The number of anilines is 1. The van der Waals surface area contributed by atoms with Crippen molar-refractivity contribution in [2.24, 2.45) is 0 Å². The van der Waals surface area contributed by atoms with Gasteiger partial charge in [-0.15, -0.1) is 5.10 Å². The van der Waals surface area contributed by atoms with Crippen LogP contribution in [0.2, 0.25) is 0 Å². The van der Waals surface area contributed by atoms with Gasteiger partial charge in [0.05, 0.1) is 0 Å². The van der Waals surface area contributed by atoms with Crippen LogP contribution >= 0.6 is 0 Å². The summed E-state index contributed by atoms with van der Waals surface area (Å²) in [6.45, 7) is 7.13. The highest BCUT2D eigenvalue weighted by Crippen LogP contribution is 2.16. The lowest BCUT2D eigenvalue weighted by molar-refractivity contribution is 0.270. The zero-order valence-corrected chi connectivity index (χ0v) is 10.3. The number of piperazine rings is 1. The van der Waals surface area contributed by atoms with Crippen molar-refractivity contribution in [3.63, 3.8) is 0 Å². The Morgan fingerprint density at radius 1 is 1.33 bits per heavy atom. The van der Waals surface area contributed by atoms with Gasteiger partial charge in [0.2, 0.25) is 5.65 Å². The van der Waals surface area contributed by atoms with Gasteiger partial charge in [-0.05, 0) is 6.54 Å². The summed E-state index contributed by atoms with van der Waals surface area (Å²) >= 11 is 0. The van der Waals surface area contributed by atoms with Gasteiger partial charge in [-0.1, -0.05) is 6.92 Å². The van der Waals surface area contributed by atoms with Crippen LogP contribution in [0.15, 0.2) is 17.2 Å². The standard InChI is InChI=1S/C11H16N6O/c1-2-15-5-7-16(8-6-15)9-10-13-14-11(18)17(10)4-3-12-9/h3-4H,2,5-8H2,1H3,(H,14,18). The van der Waals surface area contributed by atoms with E-state index in [2.05, 4.69) is 31.9 Å². The van der Waals surface area contributed by atoms with Gasteiger partial charge >= 0.3 is 5.69 Å². The minimum absolute atomic E-state index is 0.221. The third-order valence-electron chi connectivity index (χ3n) is 3.44. The van der Waals surface area contributed by atoms with E-state index in [-0.39, 0.29) is 5.69 Å². The molecule has 0 aliphatic carbocycles. The Balaban J connectivity index is 1.93. The number of rotatable bonds is 2. The molecule has 0 atom stereocenters. The van der Waals surface area contributed by atoms with E-state index in [1.54, 1.807) is 12.4 Å². The van der Waals surface area contributed by atoms with Crippen molar-refractivity contribution >= 4 is 11.5 Å². The Hall–Kier alpha value is -1.89. The van der Waals surface area contributed by atoms with Crippen molar-refractivity contribution in [1.29, 1.82) is 0 Å². The first-order chi connectivity index (χ1) is 8.79. The average Bonchev–Trinajstić information content (AvgIpc) is 2.81. The molecule has 1 N–H and O–H groups in total. The normalized spacial score (nSPS) is 17.5. The van der Waals surface area contributed by atoms with Gasteiger partial charge in [0.15, 0.2) is 5.82 Å². The van der Waals surface area contributed by atoms with Crippen LogP contribution in [0.3, 0.4) is 0 Å². The van der Waals surface area contributed by atoms with Crippen molar-refractivity contribution < 1.29 is 0 Å². The fourth-order valence-corrected chi connectivity index (χ4v) is 2.33. The fraction of sp³-hybridized carbons (Fsp3) is 0.545. The first-order valence-corrected chi connectivity index (χ1v) is 6.18. The molecule has 2 aromatic rings. The van der Waals surface area contributed by atoms with Crippen LogP contribution in [0.5, 0.6) is 0 Å². The summed E-state index contributed by atoms with van der Waals surface area (Å²) in [4.78, 5) is 20.4. The summed E-state index contributed by atoms with van der Waals surface area (Å²) in [7, 11) is 0. The molecular formula is C11H16N6O. The maximum absolute atomic E-state index is 11.5. The van der Waals surface area contributed by atoms with E-state index in [0.717, 1.165) is 38.5 Å². The second-order valence-corrected chi connectivity index (χ2v) is 4.39. The molecule has 0 unspecified atom stereocenters. The molecule has 0 radical (unpaired) electrons. The number of fused-ring (bicyclic) bond motifs is 1. The molecule has 2 aromatic heterocycles. The number of aromatic nitrogens is 4. The molecule has 1 aliphatic heterocycles. The maximum atomic E-state index is 11.5. The number of nitrogens with one attached hydrogen (secondary N) is 1. The summed E-state index contributed by atoms with van der Waals surface area (Å²) < 4.78 is 1.49. The zero-order valence-electron chi connectivity index (χ0n) is 10.3. The number of nitrogens with zero attached hydrogens (tertiary/aromatic N) is 5. The van der Waals surface area contributed by atoms with Crippen molar-refractivity contribution in [2.45, 2.75) is 6.92 Å². The minimum Gasteiger partial charge on any atom is -0.351 e. The van der Waals surface area contributed by atoms with Crippen LogP contribution in [0, 0.1) is 0 Å². The van der Waals surface area contributed by atoms with Gasteiger partial charge in [-0.25, -0.2) is 19.3 Å². The first kappa shape index (κ1) is 11.2. The van der Waals surface area contributed by atoms with Crippen LogP contribution in [-0.4, -0.2) is 57.2 Å². The van der Waals surface area contributed by atoms with Crippen LogP contribution in [-0.2, 0) is 0 Å². The van der Waals surface area contributed by atoms with Gasteiger partial charge in [0.25, 0.3) is 0 Å². The second-order valence-electron chi connectivity index (χ2n) is 4.39. The Morgan fingerprint density at radius 2 is 2.11 bits per heavy atom. The molecular weight excluding hydrogens is 232 g/mol. The Kier molecular flexibility index (Phi) is 2.75. The van der Waals surface area contributed by atoms with E-state index in [4.69, 9.17) is 0 Å². The molecule has 18 heavy (non-hydrogen) atoms. The highest BCUT2D eigenvalue weighted by atomic mass is 16.1. The second kappa shape index (κ2) is 4.41. The van der Waals surface area contributed by atoms with Gasteiger partial charge in [-0.3, -0.25) is 0 Å². The van der Waals surface area contributed by atoms with E-state index < -0.39 is 0 Å². The fourth-order valence-electron chi connectivity index (χ4n) is 2.33. The Bertz CT molecular complexity index is 595. The topological polar surface area (TPSA) is 69.5 Å². The molecule has 3 heterocycles. The SMILES string of the molecule is CCN1CCN(c2nccn3c(=O)[nH]nc23)CC1. The lowest BCUT2D eigenvalue weighted by Crippen LogP contribution is -2.46. The average molecular weight is 248 g/mol. The lowest BCUT2D eigenvalue weighted by atomic mass is 10.3. The Morgan fingerprint density at radius 3 is 2.83 bits per heavy atom. The summed E-state index contributed by atoms with van der Waals surface area (Å²) in [5.41, 5.74) is 0.383. The molecule has 1 fully saturated rings. The van der Waals surface area contributed by atoms with Crippen molar-refractivity contribution in [2.75, 3.05) is 37.6 Å². The predicted molar refractivity (Wildman–Crippen MR) is 67.9 cm³/mol. The van der Waals surface area contributed by atoms with Crippen LogP contribution in [0.4, 0.5) is 5.82 Å². The molecule has 0 spiro atoms. The van der Waals surface area contributed by atoms with Crippen molar-refractivity contribution in [3.8, 4) is 0 Å².